The number of hydrogen-bond donors (Lipinski definition) is 1. The summed E-state index contributed by atoms with van der Waals surface area (Å²) >= 11 is 0. The van der Waals surface area contributed by atoms with Gasteiger partial charge in [0.15, 0.2) is 8.32 Å². The number of hydrogen-bond acceptors (Lipinski definition) is 3. The highest BCUT2D eigenvalue weighted by atomic mass is 28.4. The van der Waals surface area contributed by atoms with E-state index in [1.165, 1.54) is 0 Å². The van der Waals surface area contributed by atoms with Crippen molar-refractivity contribution < 1.29 is 14.3 Å². The van der Waals surface area contributed by atoms with Crippen LogP contribution in [0.1, 0.15) is 34.6 Å². The Bertz CT molecular complexity index is 269. The van der Waals surface area contributed by atoms with Gasteiger partial charge in [0.25, 0.3) is 0 Å². The van der Waals surface area contributed by atoms with Crippen molar-refractivity contribution in [1.82, 2.24) is 0 Å². The molecule has 0 aliphatic rings. The summed E-state index contributed by atoms with van der Waals surface area (Å²) in [6.45, 7) is 19.5. The van der Waals surface area contributed by atoms with Gasteiger partial charge in [-0.05, 0) is 25.1 Å². The number of rotatable bonds is 7. The quantitative estimate of drug-likeness (QED) is 0.570. The lowest BCUT2D eigenvalue weighted by molar-refractivity contribution is 0.0566. The molecule has 0 aromatic rings. The van der Waals surface area contributed by atoms with Gasteiger partial charge in [0, 0.05) is 12.5 Å². The largest absolute Gasteiger partial charge is 0.496 e. The Balaban J connectivity index is 4.96. The first kappa shape index (κ1) is 17.7. The molecule has 18 heavy (non-hydrogen) atoms. The predicted molar refractivity (Wildman–Crippen MR) is 79.1 cm³/mol. The zero-order chi connectivity index (χ0) is 14.6. The molecule has 0 aliphatic carbocycles. The highest BCUT2D eigenvalue weighted by Crippen LogP contribution is 2.39. The van der Waals surface area contributed by atoms with Crippen molar-refractivity contribution >= 4 is 8.32 Å². The molecule has 0 heterocycles. The minimum atomic E-state index is -1.89. The molecule has 0 radical (unpaired) electrons. The van der Waals surface area contributed by atoms with Gasteiger partial charge in [0.2, 0.25) is 0 Å². The van der Waals surface area contributed by atoms with Crippen LogP contribution in [0.15, 0.2) is 12.3 Å². The topological polar surface area (TPSA) is 38.7 Å². The van der Waals surface area contributed by atoms with E-state index in [2.05, 4.69) is 40.4 Å². The van der Waals surface area contributed by atoms with E-state index in [1.54, 1.807) is 0 Å². The van der Waals surface area contributed by atoms with E-state index in [9.17, 15) is 5.11 Å². The second-order valence-corrected chi connectivity index (χ2v) is 11.1. The molecule has 0 aromatic carbocycles. The summed E-state index contributed by atoms with van der Waals surface area (Å²) in [7, 11) is -1.89. The van der Waals surface area contributed by atoms with Crippen LogP contribution in [0.4, 0.5) is 0 Å². The van der Waals surface area contributed by atoms with Gasteiger partial charge >= 0.3 is 0 Å². The van der Waals surface area contributed by atoms with Gasteiger partial charge in [-0.3, -0.25) is 0 Å². The third-order valence-corrected chi connectivity index (χ3v) is 8.14. The Hall–Kier alpha value is -0.323. The van der Waals surface area contributed by atoms with Crippen LogP contribution in [0.2, 0.25) is 18.1 Å². The summed E-state index contributed by atoms with van der Waals surface area (Å²) in [6, 6.07) is 0. The molecular weight excluding hydrogens is 244 g/mol. The molecule has 0 fully saturated rings. The van der Waals surface area contributed by atoms with Crippen LogP contribution in [0.3, 0.4) is 0 Å². The highest BCUT2D eigenvalue weighted by Gasteiger charge is 2.41. The molecule has 0 aliphatic heterocycles. The summed E-state index contributed by atoms with van der Waals surface area (Å²) in [5.74, 6) is 0.627. The first-order valence-corrected chi connectivity index (χ1v) is 9.58. The zero-order valence-corrected chi connectivity index (χ0v) is 14.0. The molecule has 2 atom stereocenters. The maximum Gasteiger partial charge on any atom is 0.193 e. The average molecular weight is 274 g/mol. The van der Waals surface area contributed by atoms with Crippen LogP contribution >= 0.6 is 0 Å². The minimum Gasteiger partial charge on any atom is -0.496 e. The SMILES string of the molecule is C=C(OCC)[C@@H](O[Si](C)(C)C(C)(C)C)[C@@H](C)CO. The minimum absolute atomic E-state index is 0.00169. The van der Waals surface area contributed by atoms with Crippen molar-refractivity contribution in [2.24, 2.45) is 5.92 Å². The molecule has 4 heteroatoms. The first-order valence-electron chi connectivity index (χ1n) is 6.67. The van der Waals surface area contributed by atoms with Crippen molar-refractivity contribution in [1.29, 1.82) is 0 Å². The smallest absolute Gasteiger partial charge is 0.193 e. The summed E-state index contributed by atoms with van der Waals surface area (Å²) < 4.78 is 11.8. The molecular formula is C14H30O3Si. The summed E-state index contributed by atoms with van der Waals surface area (Å²) in [4.78, 5) is 0. The average Bonchev–Trinajstić information content (AvgIpc) is 2.23. The standard InChI is InChI=1S/C14H30O3Si/c1-9-16-12(3)13(11(2)10-15)17-18(7,8)14(4,5)6/h11,13,15H,3,9-10H2,1-2,4-8H3/t11-,13-/m0/s1. The number of ether oxygens (including phenoxy) is 1. The maximum absolute atomic E-state index is 9.36. The highest BCUT2D eigenvalue weighted by molar-refractivity contribution is 6.74. The second-order valence-electron chi connectivity index (χ2n) is 6.36. The Morgan fingerprint density at radius 2 is 1.83 bits per heavy atom. The van der Waals surface area contributed by atoms with Crippen molar-refractivity contribution in [3.05, 3.63) is 12.3 Å². The van der Waals surface area contributed by atoms with Crippen molar-refractivity contribution in [3.8, 4) is 0 Å². The van der Waals surface area contributed by atoms with Crippen LogP contribution in [0.25, 0.3) is 0 Å². The van der Waals surface area contributed by atoms with Gasteiger partial charge in [-0.25, -0.2) is 0 Å². The Morgan fingerprint density at radius 3 is 2.17 bits per heavy atom. The van der Waals surface area contributed by atoms with E-state index >= 15 is 0 Å². The second kappa shape index (κ2) is 6.73. The molecule has 0 aromatic heterocycles. The van der Waals surface area contributed by atoms with Gasteiger partial charge in [-0.1, -0.05) is 34.3 Å². The Morgan fingerprint density at radius 1 is 1.33 bits per heavy atom. The third kappa shape index (κ3) is 4.75. The van der Waals surface area contributed by atoms with E-state index < -0.39 is 8.32 Å². The fraction of sp³-hybridized carbons (Fsp3) is 0.857. The monoisotopic (exact) mass is 274 g/mol. The summed E-state index contributed by atoms with van der Waals surface area (Å²) in [6.07, 6.45) is -0.226. The molecule has 0 unspecified atom stereocenters. The molecule has 0 rings (SSSR count). The Labute approximate surface area is 113 Å². The van der Waals surface area contributed by atoms with Crippen molar-refractivity contribution in [2.45, 2.75) is 58.9 Å². The van der Waals surface area contributed by atoms with Crippen LogP contribution in [0, 0.1) is 5.92 Å². The predicted octanol–water partition coefficient (Wildman–Crippen LogP) is 3.56. The summed E-state index contributed by atoms with van der Waals surface area (Å²) in [5, 5.41) is 9.49. The lowest BCUT2D eigenvalue weighted by atomic mass is 10.1. The van der Waals surface area contributed by atoms with Gasteiger partial charge in [-0.15, -0.1) is 0 Å². The van der Waals surface area contributed by atoms with E-state index in [0.29, 0.717) is 12.4 Å². The maximum atomic E-state index is 9.36. The van der Waals surface area contributed by atoms with E-state index in [-0.39, 0.29) is 23.7 Å². The van der Waals surface area contributed by atoms with Crippen LogP contribution in [-0.2, 0) is 9.16 Å². The molecule has 1 N–H and O–H groups in total. The van der Waals surface area contributed by atoms with Crippen LogP contribution < -0.4 is 0 Å². The molecule has 108 valence electrons. The van der Waals surface area contributed by atoms with Crippen LogP contribution in [-0.4, -0.2) is 32.7 Å². The molecule has 0 amide bonds. The van der Waals surface area contributed by atoms with Gasteiger partial charge < -0.3 is 14.3 Å². The fourth-order valence-electron chi connectivity index (χ4n) is 1.36. The van der Waals surface area contributed by atoms with Gasteiger partial charge in [0.05, 0.1) is 6.61 Å². The van der Waals surface area contributed by atoms with Crippen LogP contribution in [0.5, 0.6) is 0 Å². The molecule has 0 saturated carbocycles. The lowest BCUT2D eigenvalue weighted by Crippen LogP contribution is -2.46. The molecule has 3 nitrogen and oxygen atoms in total. The van der Waals surface area contributed by atoms with E-state index in [0.717, 1.165) is 0 Å². The molecule has 0 bridgehead atoms. The van der Waals surface area contributed by atoms with E-state index in [1.807, 2.05) is 13.8 Å². The van der Waals surface area contributed by atoms with Crippen molar-refractivity contribution in [3.63, 3.8) is 0 Å². The zero-order valence-electron chi connectivity index (χ0n) is 13.0. The lowest BCUT2D eigenvalue weighted by Gasteiger charge is -2.40. The Kier molecular flexibility index (Phi) is 6.61. The number of aliphatic hydroxyl groups excluding tert-OH is 1. The first-order chi connectivity index (χ1) is 8.06. The number of aliphatic hydroxyl groups is 1. The molecule has 0 saturated heterocycles. The third-order valence-electron chi connectivity index (χ3n) is 3.68. The summed E-state index contributed by atoms with van der Waals surface area (Å²) in [5.41, 5.74) is 0. The van der Waals surface area contributed by atoms with E-state index in [4.69, 9.17) is 9.16 Å². The van der Waals surface area contributed by atoms with Gasteiger partial charge in [-0.2, -0.15) is 0 Å². The molecule has 0 spiro atoms. The fourth-order valence-corrected chi connectivity index (χ4v) is 2.71. The normalized spacial score (nSPS) is 16.2. The van der Waals surface area contributed by atoms with Gasteiger partial charge in [0.1, 0.15) is 11.9 Å². The van der Waals surface area contributed by atoms with Crippen molar-refractivity contribution in [2.75, 3.05) is 13.2 Å².